The molecule has 0 aliphatic carbocycles. The van der Waals surface area contributed by atoms with Gasteiger partial charge in [-0.2, -0.15) is 0 Å². The van der Waals surface area contributed by atoms with Gasteiger partial charge in [0.15, 0.2) is 0 Å². The summed E-state index contributed by atoms with van der Waals surface area (Å²) in [5.74, 6) is 0.755. The van der Waals surface area contributed by atoms with Gasteiger partial charge in [0.1, 0.15) is 17.3 Å². The Morgan fingerprint density at radius 3 is 2.88 bits per heavy atom. The maximum absolute atomic E-state index is 6.16. The second-order valence-electron chi connectivity index (χ2n) is 5.87. The van der Waals surface area contributed by atoms with Crippen LogP contribution in [-0.4, -0.2) is 24.2 Å². The lowest BCUT2D eigenvalue weighted by Crippen LogP contribution is -2.31. The van der Waals surface area contributed by atoms with Crippen LogP contribution in [-0.2, 0) is 11.3 Å². The molecule has 2 aromatic carbocycles. The highest BCUT2D eigenvalue weighted by molar-refractivity contribution is 9.10. The Balaban J connectivity index is 1.58. The summed E-state index contributed by atoms with van der Waals surface area (Å²) >= 11 is 15.2. The van der Waals surface area contributed by atoms with E-state index in [1.54, 1.807) is 0 Å². The lowest BCUT2D eigenvalue weighted by atomic mass is 10.2. The molecule has 1 aliphatic heterocycles. The van der Waals surface area contributed by atoms with E-state index < -0.39 is 0 Å². The second kappa shape index (κ2) is 8.99. The van der Waals surface area contributed by atoms with E-state index >= 15 is 0 Å². The maximum Gasteiger partial charge on any atom is 0.134 e. The van der Waals surface area contributed by atoms with Gasteiger partial charge in [-0.1, -0.05) is 42.0 Å². The molecule has 1 atom stereocenters. The van der Waals surface area contributed by atoms with Crippen LogP contribution in [0.5, 0.6) is 5.75 Å². The number of benzene rings is 2. The Labute approximate surface area is 166 Å². The predicted octanol–water partition coefficient (Wildman–Crippen LogP) is 5.13. The molecule has 0 aromatic heterocycles. The van der Waals surface area contributed by atoms with Crippen LogP contribution in [0.25, 0.3) is 0 Å². The summed E-state index contributed by atoms with van der Waals surface area (Å²) in [7, 11) is 0. The first-order valence-corrected chi connectivity index (χ1v) is 9.77. The van der Waals surface area contributed by atoms with E-state index in [4.69, 9.17) is 33.3 Å². The first-order chi connectivity index (χ1) is 12.1. The van der Waals surface area contributed by atoms with Gasteiger partial charge in [0.25, 0.3) is 0 Å². The van der Waals surface area contributed by atoms with Crippen molar-refractivity contribution in [3.05, 3.63) is 63.1 Å². The molecule has 6 heteroatoms. The highest BCUT2D eigenvalue weighted by Crippen LogP contribution is 2.28. The van der Waals surface area contributed by atoms with Crippen molar-refractivity contribution in [1.29, 1.82) is 0 Å². The molecule has 3 rings (SSSR count). The Morgan fingerprint density at radius 1 is 1.32 bits per heavy atom. The summed E-state index contributed by atoms with van der Waals surface area (Å²) in [6.45, 7) is 2.02. The van der Waals surface area contributed by atoms with E-state index in [1.807, 2.05) is 42.5 Å². The van der Waals surface area contributed by atoms with E-state index in [1.165, 1.54) is 0 Å². The first-order valence-electron chi connectivity index (χ1n) is 8.19. The van der Waals surface area contributed by atoms with E-state index in [0.29, 0.717) is 16.6 Å². The van der Waals surface area contributed by atoms with Gasteiger partial charge in [-0.3, -0.25) is 0 Å². The lowest BCUT2D eigenvalue weighted by Gasteiger charge is -2.14. The fraction of sp³-hybridized carbons (Fsp3) is 0.316. The maximum atomic E-state index is 6.16. The summed E-state index contributed by atoms with van der Waals surface area (Å²) in [6.07, 6.45) is 2.48. The Bertz CT molecular complexity index is 750. The largest absolute Gasteiger partial charge is 0.488 e. The van der Waals surface area contributed by atoms with Gasteiger partial charge in [0, 0.05) is 29.3 Å². The third kappa shape index (κ3) is 5.17. The van der Waals surface area contributed by atoms with Crippen molar-refractivity contribution < 1.29 is 9.47 Å². The van der Waals surface area contributed by atoms with Crippen LogP contribution in [0.1, 0.15) is 24.0 Å². The van der Waals surface area contributed by atoms with Gasteiger partial charge in [-0.25, -0.2) is 0 Å². The van der Waals surface area contributed by atoms with E-state index in [-0.39, 0.29) is 6.10 Å². The fourth-order valence-corrected chi connectivity index (χ4v) is 3.54. The van der Waals surface area contributed by atoms with Gasteiger partial charge in [-0.15, -0.1) is 0 Å². The molecular weight excluding hydrogens is 422 g/mol. The van der Waals surface area contributed by atoms with E-state index in [0.717, 1.165) is 47.3 Å². The molecule has 25 heavy (non-hydrogen) atoms. The van der Waals surface area contributed by atoms with Crippen molar-refractivity contribution in [3.8, 4) is 5.75 Å². The predicted molar refractivity (Wildman–Crippen MR) is 109 cm³/mol. The van der Waals surface area contributed by atoms with Crippen LogP contribution >= 0.6 is 39.7 Å². The summed E-state index contributed by atoms with van der Waals surface area (Å²) in [5.41, 5.74) is 1.90. The molecule has 0 saturated carbocycles. The smallest absolute Gasteiger partial charge is 0.134 e. The average Bonchev–Trinajstić information content (AvgIpc) is 3.13. The molecule has 0 unspecified atom stereocenters. The van der Waals surface area contributed by atoms with Gasteiger partial charge in [0.2, 0.25) is 0 Å². The molecule has 0 bridgehead atoms. The molecule has 1 N–H and O–H groups in total. The van der Waals surface area contributed by atoms with Crippen molar-refractivity contribution in [1.82, 2.24) is 5.32 Å². The third-order valence-electron chi connectivity index (χ3n) is 4.05. The van der Waals surface area contributed by atoms with Crippen LogP contribution in [0.15, 0.2) is 46.9 Å². The van der Waals surface area contributed by atoms with Gasteiger partial charge in [0.05, 0.1) is 10.6 Å². The Morgan fingerprint density at radius 2 is 2.16 bits per heavy atom. The standard InChI is InChI=1S/C19H19BrClNO2S/c20-16-10-13(19(25)22-11-15-5-3-9-23-15)7-8-18(16)24-12-14-4-1-2-6-17(14)21/h1-2,4,6-8,10,15H,3,5,9,11-12H2,(H,22,25)/t15-/m1/s1. The molecule has 0 amide bonds. The molecule has 1 heterocycles. The van der Waals surface area contributed by atoms with Crippen LogP contribution < -0.4 is 10.1 Å². The Hall–Kier alpha value is -1.14. The molecule has 1 saturated heterocycles. The minimum atomic E-state index is 0.264. The molecule has 2 aromatic rings. The van der Waals surface area contributed by atoms with Gasteiger partial charge >= 0.3 is 0 Å². The topological polar surface area (TPSA) is 30.5 Å². The zero-order chi connectivity index (χ0) is 17.6. The summed E-state index contributed by atoms with van der Waals surface area (Å²) in [5, 5.41) is 3.98. The van der Waals surface area contributed by atoms with Crippen molar-refractivity contribution in [2.45, 2.75) is 25.6 Å². The molecule has 0 spiro atoms. The second-order valence-corrected chi connectivity index (χ2v) is 7.54. The van der Waals surface area contributed by atoms with Crippen molar-refractivity contribution in [2.75, 3.05) is 13.2 Å². The minimum Gasteiger partial charge on any atom is -0.488 e. The zero-order valence-corrected chi connectivity index (χ0v) is 16.8. The van der Waals surface area contributed by atoms with Gasteiger partial charge < -0.3 is 14.8 Å². The van der Waals surface area contributed by atoms with E-state index in [9.17, 15) is 0 Å². The van der Waals surface area contributed by atoms with Crippen LogP contribution in [0.2, 0.25) is 5.02 Å². The minimum absolute atomic E-state index is 0.264. The number of hydrogen-bond acceptors (Lipinski definition) is 3. The number of ether oxygens (including phenoxy) is 2. The van der Waals surface area contributed by atoms with Gasteiger partial charge in [-0.05, 0) is 53.0 Å². The van der Waals surface area contributed by atoms with Crippen LogP contribution in [0.4, 0.5) is 0 Å². The molecule has 0 radical (unpaired) electrons. The highest BCUT2D eigenvalue weighted by Gasteiger charge is 2.16. The van der Waals surface area contributed by atoms with Crippen molar-refractivity contribution in [2.24, 2.45) is 0 Å². The summed E-state index contributed by atoms with van der Waals surface area (Å²) in [4.78, 5) is 0.717. The molecule has 1 fully saturated rings. The molecule has 3 nitrogen and oxygen atoms in total. The number of hydrogen-bond donors (Lipinski definition) is 1. The molecular formula is C19H19BrClNO2S. The SMILES string of the molecule is S=C(NC[C@H]1CCCO1)c1ccc(OCc2ccccc2Cl)c(Br)c1. The monoisotopic (exact) mass is 439 g/mol. The lowest BCUT2D eigenvalue weighted by molar-refractivity contribution is 0.114. The summed E-state index contributed by atoms with van der Waals surface area (Å²) in [6, 6.07) is 13.5. The van der Waals surface area contributed by atoms with Crippen LogP contribution in [0.3, 0.4) is 0 Å². The highest BCUT2D eigenvalue weighted by atomic mass is 79.9. The van der Waals surface area contributed by atoms with Crippen LogP contribution in [0, 0.1) is 0 Å². The fourth-order valence-electron chi connectivity index (χ4n) is 2.64. The number of rotatable bonds is 6. The summed E-state index contributed by atoms with van der Waals surface area (Å²) < 4.78 is 12.3. The number of thiocarbonyl (C=S) groups is 1. The molecule has 132 valence electrons. The number of nitrogens with one attached hydrogen (secondary N) is 1. The van der Waals surface area contributed by atoms with Crippen molar-refractivity contribution >= 4 is 44.7 Å². The molecule has 1 aliphatic rings. The quantitative estimate of drug-likeness (QED) is 0.631. The zero-order valence-electron chi connectivity index (χ0n) is 13.6. The number of halogens is 2. The third-order valence-corrected chi connectivity index (χ3v) is 5.42. The Kier molecular flexibility index (Phi) is 6.70. The normalized spacial score (nSPS) is 16.6. The van der Waals surface area contributed by atoms with Crippen molar-refractivity contribution in [3.63, 3.8) is 0 Å². The first kappa shape index (κ1) is 18.6. The van der Waals surface area contributed by atoms with E-state index in [2.05, 4.69) is 21.2 Å². The average molecular weight is 441 g/mol.